The molecule has 1 aliphatic heterocycles. The number of nitrogens with two attached hydrogens (primary N) is 1. The van der Waals surface area contributed by atoms with Crippen LogP contribution in [-0.4, -0.2) is 124 Å². The molecule has 7 rings (SSSR count). The number of rotatable bonds is 25. The van der Waals surface area contributed by atoms with Crippen molar-refractivity contribution in [2.24, 2.45) is 11.7 Å². The predicted molar refractivity (Wildman–Crippen MR) is 322 cm³/mol. The van der Waals surface area contributed by atoms with Crippen LogP contribution in [0.2, 0.25) is 0 Å². The van der Waals surface area contributed by atoms with E-state index in [-0.39, 0.29) is 50.1 Å². The predicted octanol–water partition coefficient (Wildman–Crippen LogP) is 8.73. The molecule has 3 aromatic heterocycles. The number of alkyl carbamates (subject to hydrolysis) is 1. The largest absolute Gasteiger partial charge is 0.491 e. The van der Waals surface area contributed by atoms with E-state index in [0.29, 0.717) is 81.4 Å². The van der Waals surface area contributed by atoms with Gasteiger partial charge >= 0.3 is 18.1 Å². The first-order valence-corrected chi connectivity index (χ1v) is 29.1. The van der Waals surface area contributed by atoms with Crippen LogP contribution in [0.1, 0.15) is 103 Å². The Balaban J connectivity index is 0.942. The number of thiazole rings is 2. The number of aromatic carboxylic acids is 1. The van der Waals surface area contributed by atoms with E-state index in [0.717, 1.165) is 45.3 Å². The third-order valence-corrected chi connectivity index (χ3v) is 15.3. The summed E-state index contributed by atoms with van der Waals surface area (Å²) in [5.41, 5.74) is 9.73. The van der Waals surface area contributed by atoms with E-state index in [1.54, 1.807) is 52.8 Å². The average Bonchev–Trinajstić information content (AvgIpc) is 2.50. The van der Waals surface area contributed by atoms with Crippen LogP contribution in [0.25, 0.3) is 10.2 Å². The molecule has 1 aliphatic rings. The van der Waals surface area contributed by atoms with Gasteiger partial charge in [0.25, 0.3) is 0 Å². The zero-order valence-electron chi connectivity index (χ0n) is 48.4. The number of nitrogens with zero attached hydrogens (tertiary/aromatic N) is 6. The third kappa shape index (κ3) is 17.8. The number of halogens is 1. The third-order valence-electron chi connectivity index (χ3n) is 13.2. The Bertz CT molecular complexity index is 3440. The molecule has 24 heteroatoms. The Morgan fingerprint density at radius 3 is 2.48 bits per heavy atom. The highest BCUT2D eigenvalue weighted by Gasteiger charge is 2.32. The number of carboxylic acid groups (broad SMARTS) is 1. The van der Waals surface area contributed by atoms with Crippen molar-refractivity contribution in [2.45, 2.75) is 111 Å². The van der Waals surface area contributed by atoms with Crippen molar-refractivity contribution in [1.82, 2.24) is 36.1 Å². The van der Waals surface area contributed by atoms with Crippen molar-refractivity contribution < 1.29 is 52.2 Å². The molecule has 0 saturated carbocycles. The lowest BCUT2D eigenvalue weighted by molar-refractivity contribution is -0.896. The van der Waals surface area contributed by atoms with Gasteiger partial charge in [0.15, 0.2) is 39.2 Å². The van der Waals surface area contributed by atoms with Gasteiger partial charge in [-0.1, -0.05) is 55.2 Å². The van der Waals surface area contributed by atoms with Gasteiger partial charge in [-0.25, -0.2) is 28.7 Å². The van der Waals surface area contributed by atoms with E-state index in [4.69, 9.17) is 26.4 Å². The number of carbonyl (C=O) groups excluding carboxylic acids is 4. The molecule has 0 bridgehead atoms. The number of carboxylic acids is 1. The van der Waals surface area contributed by atoms with Crippen LogP contribution in [0.4, 0.5) is 41.6 Å². The monoisotopic (exact) mass is 1190 g/mol. The quantitative estimate of drug-likeness (QED) is 0.0160. The van der Waals surface area contributed by atoms with Gasteiger partial charge < -0.3 is 61.0 Å². The standard InChI is InChI=1S/C60H71FN12O9S2/c1-10-30-80-35-40-33-41(64-53(74)45(20-13-27-63-56(62)78)65-54(75)49(36(2)3)68-59(79)82-60(5,6)7)25-24-39(40)34-73(8,9)29-15-17-38-23-26-46(43(61)32-38)81-31-16-22-48-50(55(76)77)67-58(84-48)72-28-14-18-42-37(4)51(70-71-52(42)72)69-57-66-44-19-11-12-21-47(44)83-57/h1,11-12,19,21,23-26,32-33,36,45,49H,13-14,16,18,20,22,27-31,34-35H2,2-9H3,(H7-,62,63,64,65,66,68,69,70,74,75,76,77,78,79)/p+1/t45-,49-/m0/s1. The zero-order chi connectivity index (χ0) is 60.7. The Hall–Kier alpha value is -8.42. The number of urea groups is 1. The number of aryl methyl sites for hydroxylation is 1. The van der Waals surface area contributed by atoms with E-state index in [9.17, 15) is 29.1 Å². The van der Waals surface area contributed by atoms with Gasteiger partial charge in [-0.3, -0.25) is 9.59 Å². The van der Waals surface area contributed by atoms with Crippen LogP contribution in [0, 0.1) is 42.8 Å². The second kappa shape index (κ2) is 28.7. The van der Waals surface area contributed by atoms with Gasteiger partial charge in [-0.05, 0) is 126 Å². The number of ether oxygens (including phenoxy) is 3. The minimum atomic E-state index is -1.14. The van der Waals surface area contributed by atoms with Crippen molar-refractivity contribution in [3.63, 3.8) is 0 Å². The fraction of sp³-hybridized carbons (Fsp3) is 0.417. The SMILES string of the molecule is C#CCOCc1cc(NC(=O)[C@H](CCCNC(N)=O)NC(=O)[C@@H](NC(=O)OC(C)(C)C)C(C)C)ccc1C[N+](C)(C)CC#Cc1ccc(OCCCc2sc(N3CCCc4c3nnc(Nc3nc5ccccc5s3)c4C)nc2C(=O)O)c(F)c1. The molecule has 3 aromatic carbocycles. The van der Waals surface area contributed by atoms with Crippen LogP contribution >= 0.6 is 22.7 Å². The number of hydrogen-bond acceptors (Lipinski definition) is 16. The van der Waals surface area contributed by atoms with Crippen LogP contribution < -0.4 is 42.0 Å². The van der Waals surface area contributed by atoms with Crippen molar-refractivity contribution in [2.75, 3.05) is 62.5 Å². The number of primary amides is 1. The number of amides is 5. The summed E-state index contributed by atoms with van der Waals surface area (Å²) in [4.78, 5) is 75.7. The van der Waals surface area contributed by atoms with Gasteiger partial charge in [0, 0.05) is 45.9 Å². The maximum absolute atomic E-state index is 15.5. The highest BCUT2D eigenvalue weighted by Crippen LogP contribution is 2.39. The summed E-state index contributed by atoms with van der Waals surface area (Å²) in [6.07, 6.45) is 7.46. The molecule has 2 atom stereocenters. The number of hydrogen-bond donors (Lipinski definition) is 7. The van der Waals surface area contributed by atoms with Crippen molar-refractivity contribution in [3.8, 4) is 29.9 Å². The van der Waals surface area contributed by atoms with Gasteiger partial charge in [0.2, 0.25) is 11.8 Å². The summed E-state index contributed by atoms with van der Waals surface area (Å²) in [5.74, 6) is 6.77. The topological polar surface area (TPSA) is 274 Å². The minimum Gasteiger partial charge on any atom is -0.491 e. The summed E-state index contributed by atoms with van der Waals surface area (Å²) in [6.45, 7) is 12.5. The smallest absolute Gasteiger partial charge is 0.408 e. The molecule has 0 aliphatic carbocycles. The van der Waals surface area contributed by atoms with E-state index >= 15 is 4.39 Å². The lowest BCUT2D eigenvalue weighted by Gasteiger charge is -2.29. The molecule has 5 amide bonds. The Kier molecular flexibility index (Phi) is 21.6. The molecule has 444 valence electrons. The highest BCUT2D eigenvalue weighted by atomic mass is 32.1. The van der Waals surface area contributed by atoms with Crippen LogP contribution in [0.15, 0.2) is 60.7 Å². The van der Waals surface area contributed by atoms with Crippen molar-refractivity contribution in [1.29, 1.82) is 0 Å². The second-order valence-electron chi connectivity index (χ2n) is 22.1. The molecule has 6 aromatic rings. The van der Waals surface area contributed by atoms with Gasteiger partial charge in [0.1, 0.15) is 37.4 Å². The maximum atomic E-state index is 15.5. The first-order valence-electron chi connectivity index (χ1n) is 27.5. The van der Waals surface area contributed by atoms with Crippen LogP contribution in [0.5, 0.6) is 5.75 Å². The van der Waals surface area contributed by atoms with Crippen LogP contribution in [-0.2, 0) is 45.1 Å². The van der Waals surface area contributed by atoms with E-state index < -0.39 is 53.4 Å². The molecular weight excluding hydrogens is 1120 g/mol. The van der Waals surface area contributed by atoms with E-state index in [1.807, 2.05) is 56.3 Å². The molecule has 0 saturated heterocycles. The summed E-state index contributed by atoms with van der Waals surface area (Å²) in [6, 6.07) is 15.0. The molecule has 4 heterocycles. The summed E-state index contributed by atoms with van der Waals surface area (Å²) in [7, 11) is 3.98. The first-order chi connectivity index (χ1) is 40.0. The first kappa shape index (κ1) is 63.2. The average molecular weight is 1190 g/mol. The molecule has 0 spiro atoms. The number of carbonyl (C=O) groups is 5. The lowest BCUT2D eigenvalue weighted by atomic mass is 10.0. The number of nitrogens with one attached hydrogen (secondary N) is 5. The lowest BCUT2D eigenvalue weighted by Crippen LogP contribution is -2.55. The van der Waals surface area contributed by atoms with E-state index in [2.05, 4.69) is 64.5 Å². The molecule has 21 nitrogen and oxygen atoms in total. The van der Waals surface area contributed by atoms with Crippen molar-refractivity contribution >= 4 is 90.4 Å². The number of para-hydroxylation sites is 1. The fourth-order valence-corrected chi connectivity index (χ4v) is 11.1. The van der Waals surface area contributed by atoms with Crippen molar-refractivity contribution in [3.05, 3.63) is 105 Å². The molecule has 0 fully saturated rings. The van der Waals surface area contributed by atoms with Gasteiger partial charge in [-0.2, -0.15) is 0 Å². The van der Waals surface area contributed by atoms with Crippen LogP contribution in [0.3, 0.4) is 0 Å². The summed E-state index contributed by atoms with van der Waals surface area (Å²) < 4.78 is 33.9. The number of terminal acetylenes is 1. The molecule has 0 unspecified atom stereocenters. The normalized spacial score (nSPS) is 12.9. The molecular formula is C60H72FN12O9S2+. The Morgan fingerprint density at radius 1 is 0.976 bits per heavy atom. The number of aromatic nitrogens is 4. The minimum absolute atomic E-state index is 0.0420. The fourth-order valence-electron chi connectivity index (χ4n) is 9.14. The number of quaternary nitrogens is 1. The number of fused-ring (bicyclic) bond motifs is 2. The summed E-state index contributed by atoms with van der Waals surface area (Å²) in [5, 5.41) is 34.6. The highest BCUT2D eigenvalue weighted by molar-refractivity contribution is 7.22. The number of anilines is 5. The summed E-state index contributed by atoms with van der Waals surface area (Å²) >= 11 is 2.82. The maximum Gasteiger partial charge on any atom is 0.408 e. The molecule has 0 radical (unpaired) electrons. The zero-order valence-corrected chi connectivity index (χ0v) is 50.1. The van der Waals surface area contributed by atoms with Gasteiger partial charge in [-0.15, -0.1) is 28.0 Å². The second-order valence-corrected chi connectivity index (χ2v) is 24.2. The molecule has 8 N–H and O–H groups in total. The Morgan fingerprint density at radius 2 is 1.76 bits per heavy atom. The van der Waals surface area contributed by atoms with E-state index in [1.165, 1.54) is 34.8 Å². The van der Waals surface area contributed by atoms with Gasteiger partial charge in [0.05, 0.1) is 37.5 Å². The number of benzene rings is 3. The molecule has 84 heavy (non-hydrogen) atoms. The Labute approximate surface area is 496 Å².